The van der Waals surface area contributed by atoms with E-state index in [0.29, 0.717) is 12.1 Å². The zero-order valence-corrected chi connectivity index (χ0v) is 15.4. The normalized spacial score (nSPS) is 22.3. The summed E-state index contributed by atoms with van der Waals surface area (Å²) in [7, 11) is 0. The van der Waals surface area contributed by atoms with Crippen molar-refractivity contribution >= 4 is 22.9 Å². The maximum absolute atomic E-state index is 12.0. The molecule has 0 amide bonds. The molecule has 126 valence electrons. The van der Waals surface area contributed by atoms with Gasteiger partial charge >= 0.3 is 5.97 Å². The topological polar surface area (TPSA) is 63.3 Å². The number of carboxylic acid groups (broad SMARTS) is 1. The van der Waals surface area contributed by atoms with E-state index < -0.39 is 5.97 Å². The van der Waals surface area contributed by atoms with Crippen LogP contribution in [0.4, 0.5) is 0 Å². The van der Waals surface area contributed by atoms with Crippen molar-refractivity contribution in [1.82, 2.24) is 0 Å². The van der Waals surface area contributed by atoms with Gasteiger partial charge in [0.1, 0.15) is 0 Å². The molecule has 0 spiro atoms. The maximum Gasteiger partial charge on any atom is 0.337 e. The third-order valence-electron chi connectivity index (χ3n) is 5.28. The van der Waals surface area contributed by atoms with Crippen molar-refractivity contribution in [3.8, 4) is 0 Å². The van der Waals surface area contributed by atoms with Gasteiger partial charge in [0, 0.05) is 16.3 Å². The Hall–Kier alpha value is -1.13. The molecule has 2 aliphatic rings. The highest BCUT2D eigenvalue weighted by Gasteiger charge is 2.37. The predicted molar refractivity (Wildman–Crippen MR) is 96.1 cm³/mol. The van der Waals surface area contributed by atoms with Crippen LogP contribution in [-0.2, 0) is 12.8 Å². The second kappa shape index (κ2) is 5.45. The Bertz CT molecular complexity index is 694. The first-order valence-electron chi connectivity index (χ1n) is 8.43. The van der Waals surface area contributed by atoms with Crippen LogP contribution in [0.5, 0.6) is 0 Å². The molecule has 3 rings (SSSR count). The molecular weight excluding hydrogens is 306 g/mol. The lowest BCUT2D eigenvalue weighted by molar-refractivity contribution is 0.0695. The molecule has 0 fully saturated rings. The largest absolute Gasteiger partial charge is 0.478 e. The van der Waals surface area contributed by atoms with Gasteiger partial charge in [-0.15, -0.1) is 11.3 Å². The molecule has 0 saturated carbocycles. The molecule has 3 N–H and O–H groups in total. The van der Waals surface area contributed by atoms with E-state index in [0.717, 1.165) is 42.5 Å². The van der Waals surface area contributed by atoms with E-state index in [1.165, 1.54) is 16.0 Å². The van der Waals surface area contributed by atoms with Gasteiger partial charge < -0.3 is 10.8 Å². The number of hydrogen-bond acceptors (Lipinski definition) is 3. The molecule has 4 heteroatoms. The number of rotatable bonds is 3. The smallest absolute Gasteiger partial charge is 0.337 e. The summed E-state index contributed by atoms with van der Waals surface area (Å²) in [6, 6.07) is 0. The summed E-state index contributed by atoms with van der Waals surface area (Å²) in [5, 5.41) is 9.88. The van der Waals surface area contributed by atoms with Crippen LogP contribution in [0, 0.1) is 10.8 Å². The summed E-state index contributed by atoms with van der Waals surface area (Å²) in [5.41, 5.74) is 10.5. The fraction of sp³-hybridized carbons (Fsp3) is 0.632. The Morgan fingerprint density at radius 2 is 1.87 bits per heavy atom. The molecule has 1 aromatic rings. The van der Waals surface area contributed by atoms with E-state index in [-0.39, 0.29) is 10.8 Å². The predicted octanol–water partition coefficient (Wildman–Crippen LogP) is 4.49. The third-order valence-corrected chi connectivity index (χ3v) is 6.63. The van der Waals surface area contributed by atoms with Crippen LogP contribution >= 0.6 is 11.3 Å². The van der Waals surface area contributed by atoms with E-state index in [1.54, 1.807) is 11.3 Å². The van der Waals surface area contributed by atoms with E-state index in [9.17, 15) is 9.90 Å². The van der Waals surface area contributed by atoms with Gasteiger partial charge in [-0.05, 0) is 54.1 Å². The number of aromatic carboxylic acids is 1. The standard InChI is InChI=1S/C19H27NO2S/c1-18(2)6-5-14-13(9-18)15(17(21)22)16(23-14)12-8-19(3,4)7-11(12)10-20/h5-10,20H2,1-4H3,(H,21,22). The van der Waals surface area contributed by atoms with Gasteiger partial charge in [-0.3, -0.25) is 0 Å². The van der Waals surface area contributed by atoms with Gasteiger partial charge in [-0.1, -0.05) is 33.3 Å². The quantitative estimate of drug-likeness (QED) is 0.856. The molecule has 2 aliphatic carbocycles. The van der Waals surface area contributed by atoms with Crippen molar-refractivity contribution in [2.75, 3.05) is 6.54 Å². The van der Waals surface area contributed by atoms with Crippen molar-refractivity contribution in [3.63, 3.8) is 0 Å². The highest BCUT2D eigenvalue weighted by atomic mass is 32.1. The van der Waals surface area contributed by atoms with Crippen LogP contribution in [0.2, 0.25) is 0 Å². The lowest BCUT2D eigenvalue weighted by Gasteiger charge is -2.29. The lowest BCUT2D eigenvalue weighted by Crippen LogP contribution is -2.22. The minimum Gasteiger partial charge on any atom is -0.478 e. The maximum atomic E-state index is 12.0. The first-order chi connectivity index (χ1) is 10.6. The Morgan fingerprint density at radius 3 is 2.48 bits per heavy atom. The fourth-order valence-electron chi connectivity index (χ4n) is 4.15. The van der Waals surface area contributed by atoms with E-state index >= 15 is 0 Å². The molecule has 0 aliphatic heterocycles. The average Bonchev–Trinajstić information content (AvgIpc) is 2.93. The van der Waals surface area contributed by atoms with Gasteiger partial charge in [0.25, 0.3) is 0 Å². The molecule has 3 nitrogen and oxygen atoms in total. The fourth-order valence-corrected chi connectivity index (χ4v) is 5.55. The van der Waals surface area contributed by atoms with Crippen LogP contribution in [0.1, 0.15) is 72.6 Å². The van der Waals surface area contributed by atoms with Crippen molar-refractivity contribution in [3.05, 3.63) is 26.5 Å². The van der Waals surface area contributed by atoms with E-state index in [2.05, 4.69) is 27.7 Å². The third kappa shape index (κ3) is 2.99. The van der Waals surface area contributed by atoms with E-state index in [1.807, 2.05) is 0 Å². The molecular formula is C19H27NO2S. The second-order valence-electron chi connectivity index (χ2n) is 8.66. The number of carbonyl (C=O) groups is 1. The Morgan fingerprint density at radius 1 is 1.17 bits per heavy atom. The molecule has 0 saturated heterocycles. The Kier molecular flexibility index (Phi) is 3.96. The molecule has 0 atom stereocenters. The zero-order valence-electron chi connectivity index (χ0n) is 14.6. The van der Waals surface area contributed by atoms with Crippen molar-refractivity contribution in [2.45, 2.75) is 59.8 Å². The highest BCUT2D eigenvalue weighted by molar-refractivity contribution is 7.13. The van der Waals surface area contributed by atoms with Crippen LogP contribution in [0.15, 0.2) is 5.57 Å². The Balaban J connectivity index is 2.14. The summed E-state index contributed by atoms with van der Waals surface area (Å²) in [4.78, 5) is 14.3. The van der Waals surface area contributed by atoms with Gasteiger partial charge in [-0.25, -0.2) is 4.79 Å². The summed E-state index contributed by atoms with van der Waals surface area (Å²) in [6.07, 6.45) is 4.92. The number of aryl methyl sites for hydroxylation is 1. The van der Waals surface area contributed by atoms with Gasteiger partial charge in [-0.2, -0.15) is 0 Å². The number of carboxylic acids is 1. The number of thiophene rings is 1. The van der Waals surface area contributed by atoms with E-state index in [4.69, 9.17) is 5.73 Å². The van der Waals surface area contributed by atoms with Gasteiger partial charge in [0.2, 0.25) is 0 Å². The Labute approximate surface area is 142 Å². The second-order valence-corrected chi connectivity index (χ2v) is 9.76. The van der Waals surface area contributed by atoms with Crippen LogP contribution in [0.25, 0.3) is 5.57 Å². The van der Waals surface area contributed by atoms with Crippen LogP contribution in [-0.4, -0.2) is 17.6 Å². The molecule has 0 aromatic carbocycles. The van der Waals surface area contributed by atoms with Crippen molar-refractivity contribution < 1.29 is 9.90 Å². The van der Waals surface area contributed by atoms with Crippen LogP contribution in [0.3, 0.4) is 0 Å². The lowest BCUT2D eigenvalue weighted by atomic mass is 9.75. The summed E-state index contributed by atoms with van der Waals surface area (Å²) in [6.45, 7) is 9.50. The summed E-state index contributed by atoms with van der Waals surface area (Å²) >= 11 is 1.71. The van der Waals surface area contributed by atoms with Gasteiger partial charge in [0.05, 0.1) is 5.56 Å². The van der Waals surface area contributed by atoms with Crippen LogP contribution < -0.4 is 5.73 Å². The first kappa shape index (κ1) is 16.7. The first-order valence-corrected chi connectivity index (χ1v) is 9.24. The summed E-state index contributed by atoms with van der Waals surface area (Å²) in [5.74, 6) is -0.774. The number of hydrogen-bond donors (Lipinski definition) is 2. The van der Waals surface area contributed by atoms with Crippen molar-refractivity contribution in [2.24, 2.45) is 16.6 Å². The average molecular weight is 333 g/mol. The molecule has 0 bridgehead atoms. The number of nitrogens with two attached hydrogens (primary N) is 1. The monoisotopic (exact) mass is 333 g/mol. The molecule has 1 heterocycles. The minimum absolute atomic E-state index is 0.184. The van der Waals surface area contributed by atoms with Gasteiger partial charge in [0.15, 0.2) is 0 Å². The number of fused-ring (bicyclic) bond motifs is 1. The number of allylic oxidation sites excluding steroid dienone is 1. The minimum atomic E-state index is -0.774. The van der Waals surface area contributed by atoms with Crippen molar-refractivity contribution in [1.29, 1.82) is 0 Å². The SMILES string of the molecule is CC1(C)CC(CN)=C(c2sc3c(c2C(=O)O)CC(C)(C)CC3)C1. The zero-order chi connectivity index (χ0) is 17.0. The molecule has 23 heavy (non-hydrogen) atoms. The highest BCUT2D eigenvalue weighted by Crippen LogP contribution is 2.50. The molecule has 1 aromatic heterocycles. The molecule has 0 radical (unpaired) electrons. The molecule has 0 unspecified atom stereocenters. The summed E-state index contributed by atoms with van der Waals surface area (Å²) < 4.78 is 0.